The van der Waals surface area contributed by atoms with E-state index in [1.54, 1.807) is 18.0 Å². The van der Waals surface area contributed by atoms with Crippen LogP contribution in [0.3, 0.4) is 0 Å². The molecule has 0 aromatic carbocycles. The van der Waals surface area contributed by atoms with Gasteiger partial charge in [-0.1, -0.05) is 18.9 Å². The molecule has 1 unspecified atom stereocenters. The Hall–Kier alpha value is -1.07. The highest BCUT2D eigenvalue weighted by Gasteiger charge is 2.23. The van der Waals surface area contributed by atoms with E-state index in [0.29, 0.717) is 24.6 Å². The summed E-state index contributed by atoms with van der Waals surface area (Å²) in [5, 5.41) is 13.7. The number of hydrogen-bond donors (Lipinski definition) is 2. The number of nitrogens with zero attached hydrogens (tertiary/aromatic N) is 1. The Kier molecular flexibility index (Phi) is 6.33. The SMILES string of the molecule is O=C(CCSc1ccccn1)NCC(O)C1CCCC1. The first-order valence-electron chi connectivity index (χ1n) is 7.24. The van der Waals surface area contributed by atoms with Crippen molar-refractivity contribution >= 4 is 17.7 Å². The van der Waals surface area contributed by atoms with Gasteiger partial charge in [-0.25, -0.2) is 4.98 Å². The predicted molar refractivity (Wildman–Crippen MR) is 80.6 cm³/mol. The summed E-state index contributed by atoms with van der Waals surface area (Å²) in [5.41, 5.74) is 0. The molecule has 1 aliphatic carbocycles. The summed E-state index contributed by atoms with van der Waals surface area (Å²) in [5.74, 6) is 1.09. The summed E-state index contributed by atoms with van der Waals surface area (Å²) in [4.78, 5) is 15.9. The lowest BCUT2D eigenvalue weighted by Gasteiger charge is -2.17. The van der Waals surface area contributed by atoms with Crippen molar-refractivity contribution in [3.05, 3.63) is 24.4 Å². The molecule has 1 aromatic rings. The lowest BCUT2D eigenvalue weighted by molar-refractivity contribution is -0.121. The molecule has 0 aliphatic heterocycles. The molecular formula is C15H22N2O2S. The second-order valence-corrected chi connectivity index (χ2v) is 6.30. The second-order valence-electron chi connectivity index (χ2n) is 5.18. The molecule has 1 atom stereocenters. The Labute approximate surface area is 124 Å². The van der Waals surface area contributed by atoms with E-state index in [1.165, 1.54) is 12.8 Å². The number of carbonyl (C=O) groups is 1. The Balaban J connectivity index is 1.58. The molecule has 0 radical (unpaired) electrons. The van der Waals surface area contributed by atoms with Crippen LogP contribution in [0.5, 0.6) is 0 Å². The van der Waals surface area contributed by atoms with Gasteiger partial charge in [-0.15, -0.1) is 11.8 Å². The largest absolute Gasteiger partial charge is 0.391 e. The third-order valence-electron chi connectivity index (χ3n) is 3.67. The van der Waals surface area contributed by atoms with E-state index >= 15 is 0 Å². The average Bonchev–Trinajstić information content (AvgIpc) is 3.00. The average molecular weight is 294 g/mol. The van der Waals surface area contributed by atoms with E-state index in [-0.39, 0.29) is 12.0 Å². The highest BCUT2D eigenvalue weighted by molar-refractivity contribution is 7.99. The van der Waals surface area contributed by atoms with Crippen molar-refractivity contribution in [2.24, 2.45) is 5.92 Å². The van der Waals surface area contributed by atoms with Gasteiger partial charge in [-0.2, -0.15) is 0 Å². The van der Waals surface area contributed by atoms with E-state index in [0.717, 1.165) is 17.9 Å². The molecule has 20 heavy (non-hydrogen) atoms. The van der Waals surface area contributed by atoms with Crippen molar-refractivity contribution in [2.75, 3.05) is 12.3 Å². The normalized spacial score (nSPS) is 17.1. The molecule has 110 valence electrons. The Morgan fingerprint density at radius 1 is 1.45 bits per heavy atom. The molecule has 5 heteroatoms. The first-order chi connectivity index (χ1) is 9.75. The van der Waals surface area contributed by atoms with Crippen LogP contribution in [-0.4, -0.2) is 34.4 Å². The first kappa shape index (κ1) is 15.3. The number of rotatable bonds is 7. The molecule has 2 N–H and O–H groups in total. The van der Waals surface area contributed by atoms with Crippen molar-refractivity contribution in [3.63, 3.8) is 0 Å². The van der Waals surface area contributed by atoms with Gasteiger partial charge in [0.05, 0.1) is 11.1 Å². The number of hydrogen-bond acceptors (Lipinski definition) is 4. The monoisotopic (exact) mass is 294 g/mol. The Bertz CT molecular complexity index is 408. The maximum Gasteiger partial charge on any atom is 0.220 e. The summed E-state index contributed by atoms with van der Waals surface area (Å²) in [7, 11) is 0. The van der Waals surface area contributed by atoms with Crippen LogP contribution in [0, 0.1) is 5.92 Å². The van der Waals surface area contributed by atoms with Gasteiger partial charge in [-0.3, -0.25) is 4.79 Å². The minimum atomic E-state index is -0.384. The lowest BCUT2D eigenvalue weighted by Crippen LogP contribution is -2.35. The molecular weight excluding hydrogens is 272 g/mol. The predicted octanol–water partition coefficient (Wildman–Crippen LogP) is 2.23. The molecule has 0 bridgehead atoms. The molecule has 1 aliphatic rings. The van der Waals surface area contributed by atoms with Crippen molar-refractivity contribution in [1.82, 2.24) is 10.3 Å². The van der Waals surface area contributed by atoms with E-state index in [1.807, 2.05) is 18.2 Å². The van der Waals surface area contributed by atoms with Crippen LogP contribution in [0.4, 0.5) is 0 Å². The number of aliphatic hydroxyl groups excluding tert-OH is 1. The number of nitrogens with one attached hydrogen (secondary N) is 1. The van der Waals surface area contributed by atoms with Crippen molar-refractivity contribution in [2.45, 2.75) is 43.2 Å². The molecule has 0 saturated heterocycles. The van der Waals surface area contributed by atoms with Crippen molar-refractivity contribution in [1.29, 1.82) is 0 Å². The molecule has 2 rings (SSSR count). The molecule has 1 amide bonds. The van der Waals surface area contributed by atoms with Gasteiger partial charge in [0, 0.05) is 24.9 Å². The van der Waals surface area contributed by atoms with Gasteiger partial charge >= 0.3 is 0 Å². The topological polar surface area (TPSA) is 62.2 Å². The van der Waals surface area contributed by atoms with Crippen LogP contribution in [0.15, 0.2) is 29.4 Å². The zero-order valence-corrected chi connectivity index (χ0v) is 12.4. The third kappa shape index (κ3) is 5.13. The third-order valence-corrected chi connectivity index (χ3v) is 4.61. The van der Waals surface area contributed by atoms with Gasteiger partial charge < -0.3 is 10.4 Å². The quantitative estimate of drug-likeness (QED) is 0.757. The number of aromatic nitrogens is 1. The summed E-state index contributed by atoms with van der Waals surface area (Å²) in [6.45, 7) is 0.387. The number of thioether (sulfide) groups is 1. The van der Waals surface area contributed by atoms with Crippen molar-refractivity contribution < 1.29 is 9.90 Å². The fourth-order valence-corrected chi connectivity index (χ4v) is 3.30. The van der Waals surface area contributed by atoms with Crippen LogP contribution in [-0.2, 0) is 4.79 Å². The van der Waals surface area contributed by atoms with Crippen LogP contribution >= 0.6 is 11.8 Å². The highest BCUT2D eigenvalue weighted by atomic mass is 32.2. The second kappa shape index (κ2) is 8.27. The van der Waals surface area contributed by atoms with E-state index in [9.17, 15) is 9.90 Å². The summed E-state index contributed by atoms with van der Waals surface area (Å²) in [6, 6.07) is 5.75. The molecule has 1 aromatic heterocycles. The van der Waals surface area contributed by atoms with E-state index in [4.69, 9.17) is 0 Å². The fraction of sp³-hybridized carbons (Fsp3) is 0.600. The maximum atomic E-state index is 11.7. The van der Waals surface area contributed by atoms with Gasteiger partial charge in [-0.05, 0) is 30.9 Å². The number of carbonyl (C=O) groups excluding carboxylic acids is 1. The molecule has 4 nitrogen and oxygen atoms in total. The Morgan fingerprint density at radius 2 is 2.25 bits per heavy atom. The summed E-state index contributed by atoms with van der Waals surface area (Å²) in [6.07, 6.45) is 6.41. The van der Waals surface area contributed by atoms with Gasteiger partial charge in [0.15, 0.2) is 0 Å². The fourth-order valence-electron chi connectivity index (χ4n) is 2.50. The zero-order valence-electron chi connectivity index (χ0n) is 11.6. The Morgan fingerprint density at radius 3 is 2.95 bits per heavy atom. The highest BCUT2D eigenvalue weighted by Crippen LogP contribution is 2.27. The van der Waals surface area contributed by atoms with Crippen LogP contribution in [0.2, 0.25) is 0 Å². The first-order valence-corrected chi connectivity index (χ1v) is 8.23. The van der Waals surface area contributed by atoms with Crippen LogP contribution in [0.25, 0.3) is 0 Å². The van der Waals surface area contributed by atoms with Crippen molar-refractivity contribution in [3.8, 4) is 0 Å². The molecule has 1 fully saturated rings. The maximum absolute atomic E-state index is 11.7. The minimum Gasteiger partial charge on any atom is -0.391 e. The van der Waals surface area contributed by atoms with Gasteiger partial charge in [0.2, 0.25) is 5.91 Å². The number of amides is 1. The van der Waals surface area contributed by atoms with Gasteiger partial charge in [0.1, 0.15) is 0 Å². The molecule has 1 saturated carbocycles. The standard InChI is InChI=1S/C15H22N2O2S/c18-13(12-5-1-2-6-12)11-17-14(19)8-10-20-15-7-3-4-9-16-15/h3-4,7,9,12-13,18H,1-2,5-6,8,10-11H2,(H,17,19). The smallest absolute Gasteiger partial charge is 0.220 e. The molecule has 1 heterocycles. The van der Waals surface area contributed by atoms with E-state index in [2.05, 4.69) is 10.3 Å². The lowest BCUT2D eigenvalue weighted by atomic mass is 10.0. The number of pyridine rings is 1. The summed E-state index contributed by atoms with van der Waals surface area (Å²) >= 11 is 1.57. The summed E-state index contributed by atoms with van der Waals surface area (Å²) < 4.78 is 0. The zero-order chi connectivity index (χ0) is 14.2. The van der Waals surface area contributed by atoms with Crippen LogP contribution in [0.1, 0.15) is 32.1 Å². The van der Waals surface area contributed by atoms with Gasteiger partial charge in [0.25, 0.3) is 0 Å². The molecule has 0 spiro atoms. The minimum absolute atomic E-state index is 0.00507. The van der Waals surface area contributed by atoms with E-state index < -0.39 is 0 Å². The van der Waals surface area contributed by atoms with Crippen LogP contribution < -0.4 is 5.32 Å². The number of aliphatic hydroxyl groups is 1.